The highest BCUT2D eigenvalue weighted by Crippen LogP contribution is 2.32. The molecular weight excluding hydrogens is 250 g/mol. The molecule has 1 amide bonds. The molecule has 1 aliphatic rings. The molecule has 1 aliphatic carbocycles. The Labute approximate surface area is 119 Å². The highest BCUT2D eigenvalue weighted by atomic mass is 16.3. The van der Waals surface area contributed by atoms with Crippen LogP contribution in [0.5, 0.6) is 0 Å². The highest BCUT2D eigenvalue weighted by Gasteiger charge is 2.31. The Balaban J connectivity index is 1.95. The predicted octanol–water partition coefficient (Wildman–Crippen LogP) is 4.00. The van der Waals surface area contributed by atoms with Gasteiger partial charge in [-0.05, 0) is 45.6 Å². The third-order valence-corrected chi connectivity index (χ3v) is 4.07. The fourth-order valence-electron chi connectivity index (χ4n) is 2.62. The molecule has 0 atom stereocenters. The molecule has 0 aliphatic heterocycles. The first kappa shape index (κ1) is 13.2. The first-order chi connectivity index (χ1) is 9.58. The van der Waals surface area contributed by atoms with Gasteiger partial charge in [0.25, 0.3) is 5.91 Å². The van der Waals surface area contributed by atoms with Crippen LogP contribution in [0.2, 0.25) is 0 Å². The Bertz CT molecular complexity index is 637. The van der Waals surface area contributed by atoms with Crippen molar-refractivity contribution < 1.29 is 9.21 Å². The maximum absolute atomic E-state index is 12.8. The van der Waals surface area contributed by atoms with Gasteiger partial charge in [0.05, 0.1) is 0 Å². The molecule has 1 heterocycles. The Morgan fingerprint density at radius 2 is 2.05 bits per heavy atom. The molecule has 3 nitrogen and oxygen atoms in total. The van der Waals surface area contributed by atoms with Crippen LogP contribution >= 0.6 is 0 Å². The minimum Gasteiger partial charge on any atom is -0.451 e. The van der Waals surface area contributed by atoms with Crippen molar-refractivity contribution in [3.05, 3.63) is 35.6 Å². The summed E-state index contributed by atoms with van der Waals surface area (Å²) in [5.74, 6) is 1.21. The van der Waals surface area contributed by atoms with Crippen LogP contribution in [0.25, 0.3) is 11.0 Å². The molecule has 2 aromatic rings. The first-order valence-corrected chi connectivity index (χ1v) is 7.37. The Hall–Kier alpha value is -1.77. The molecular formula is C17H21NO2. The van der Waals surface area contributed by atoms with Crippen LogP contribution < -0.4 is 0 Å². The minimum absolute atomic E-state index is 0.0283. The smallest absolute Gasteiger partial charge is 0.290 e. The fourth-order valence-corrected chi connectivity index (χ4v) is 2.62. The summed E-state index contributed by atoms with van der Waals surface area (Å²) in [6.45, 7) is 6.96. The molecule has 0 radical (unpaired) electrons. The summed E-state index contributed by atoms with van der Waals surface area (Å²) in [6, 6.07) is 8.04. The van der Waals surface area contributed by atoms with Crippen molar-refractivity contribution in [2.45, 2.75) is 39.7 Å². The third-order valence-electron chi connectivity index (χ3n) is 4.07. The van der Waals surface area contributed by atoms with E-state index < -0.39 is 0 Å². The van der Waals surface area contributed by atoms with Crippen LogP contribution in [0.15, 0.2) is 28.7 Å². The molecule has 0 unspecified atom stereocenters. The van der Waals surface area contributed by atoms with Gasteiger partial charge in [0.1, 0.15) is 5.58 Å². The van der Waals surface area contributed by atoms with E-state index in [9.17, 15) is 4.79 Å². The SMILES string of the molecule is Cc1c(C(=O)N(CC2CC2)C(C)C)oc2ccccc12. The fraction of sp³-hybridized carbons (Fsp3) is 0.471. The number of furan rings is 1. The second-order valence-corrected chi connectivity index (χ2v) is 6.05. The van der Waals surface area contributed by atoms with Crippen molar-refractivity contribution in [1.29, 1.82) is 0 Å². The Morgan fingerprint density at radius 3 is 2.65 bits per heavy atom. The number of benzene rings is 1. The lowest BCUT2D eigenvalue weighted by Gasteiger charge is -2.26. The average molecular weight is 271 g/mol. The lowest BCUT2D eigenvalue weighted by molar-refractivity contribution is 0.0665. The van der Waals surface area contributed by atoms with E-state index >= 15 is 0 Å². The van der Waals surface area contributed by atoms with Crippen LogP contribution in [-0.2, 0) is 0 Å². The van der Waals surface area contributed by atoms with E-state index in [0.717, 1.165) is 23.1 Å². The zero-order valence-electron chi connectivity index (χ0n) is 12.3. The minimum atomic E-state index is 0.0283. The van der Waals surface area contributed by atoms with Crippen molar-refractivity contribution in [1.82, 2.24) is 4.90 Å². The molecule has 20 heavy (non-hydrogen) atoms. The van der Waals surface area contributed by atoms with Crippen LogP contribution in [0.4, 0.5) is 0 Å². The number of rotatable bonds is 4. The summed E-state index contributed by atoms with van der Waals surface area (Å²) in [5, 5.41) is 1.03. The summed E-state index contributed by atoms with van der Waals surface area (Å²) in [7, 11) is 0. The van der Waals surface area contributed by atoms with Gasteiger partial charge >= 0.3 is 0 Å². The van der Waals surface area contributed by atoms with Gasteiger partial charge in [-0.3, -0.25) is 4.79 Å². The van der Waals surface area contributed by atoms with E-state index in [-0.39, 0.29) is 11.9 Å². The summed E-state index contributed by atoms with van der Waals surface area (Å²) >= 11 is 0. The number of fused-ring (bicyclic) bond motifs is 1. The van der Waals surface area contributed by atoms with Crippen molar-refractivity contribution in [3.63, 3.8) is 0 Å². The number of aryl methyl sites for hydroxylation is 1. The molecule has 3 rings (SSSR count). The molecule has 3 heteroatoms. The zero-order chi connectivity index (χ0) is 14.3. The molecule has 0 bridgehead atoms. The maximum atomic E-state index is 12.8. The standard InChI is InChI=1S/C17H21NO2/c1-11(2)18(10-13-8-9-13)17(19)16-12(3)14-6-4-5-7-15(14)20-16/h4-7,11,13H,8-10H2,1-3H3. The van der Waals surface area contributed by atoms with Crippen LogP contribution in [-0.4, -0.2) is 23.4 Å². The van der Waals surface area contributed by atoms with E-state index in [2.05, 4.69) is 13.8 Å². The largest absolute Gasteiger partial charge is 0.451 e. The van der Waals surface area contributed by atoms with Gasteiger partial charge in [-0.15, -0.1) is 0 Å². The maximum Gasteiger partial charge on any atom is 0.290 e. The quantitative estimate of drug-likeness (QED) is 0.842. The number of carbonyl (C=O) groups excluding carboxylic acids is 1. The molecule has 1 aromatic heterocycles. The van der Waals surface area contributed by atoms with Crippen molar-refractivity contribution >= 4 is 16.9 Å². The van der Waals surface area contributed by atoms with Gasteiger partial charge in [-0.25, -0.2) is 0 Å². The number of hydrogen-bond acceptors (Lipinski definition) is 2. The first-order valence-electron chi connectivity index (χ1n) is 7.37. The number of hydrogen-bond donors (Lipinski definition) is 0. The van der Waals surface area contributed by atoms with E-state index in [0.29, 0.717) is 11.7 Å². The van der Waals surface area contributed by atoms with E-state index in [4.69, 9.17) is 4.42 Å². The second kappa shape index (κ2) is 4.97. The summed E-state index contributed by atoms with van der Waals surface area (Å²) in [5.41, 5.74) is 1.75. The van der Waals surface area contributed by atoms with Gasteiger partial charge in [0, 0.05) is 23.5 Å². The van der Waals surface area contributed by atoms with Gasteiger partial charge in [0.2, 0.25) is 0 Å². The molecule has 1 saturated carbocycles. The monoisotopic (exact) mass is 271 g/mol. The van der Waals surface area contributed by atoms with E-state index in [1.165, 1.54) is 12.8 Å². The topological polar surface area (TPSA) is 33.5 Å². The average Bonchev–Trinajstić information content (AvgIpc) is 3.19. The van der Waals surface area contributed by atoms with E-state index in [1.54, 1.807) is 0 Å². The van der Waals surface area contributed by atoms with Gasteiger partial charge in [-0.2, -0.15) is 0 Å². The highest BCUT2D eigenvalue weighted by molar-refractivity contribution is 5.99. The number of carbonyl (C=O) groups is 1. The van der Waals surface area contributed by atoms with Gasteiger partial charge in [-0.1, -0.05) is 18.2 Å². The third kappa shape index (κ3) is 2.33. The van der Waals surface area contributed by atoms with Crippen LogP contribution in [0, 0.1) is 12.8 Å². The lowest BCUT2D eigenvalue weighted by atomic mass is 10.1. The number of nitrogens with zero attached hydrogens (tertiary/aromatic N) is 1. The van der Waals surface area contributed by atoms with Gasteiger partial charge < -0.3 is 9.32 Å². The molecule has 106 valence electrons. The summed E-state index contributed by atoms with van der Waals surface area (Å²) in [4.78, 5) is 14.7. The molecule has 0 N–H and O–H groups in total. The Morgan fingerprint density at radius 1 is 1.35 bits per heavy atom. The molecule has 0 spiro atoms. The normalized spacial score (nSPS) is 15.0. The van der Waals surface area contributed by atoms with Crippen LogP contribution in [0.1, 0.15) is 42.8 Å². The van der Waals surface area contributed by atoms with Crippen molar-refractivity contribution in [2.75, 3.05) is 6.54 Å². The number of para-hydroxylation sites is 1. The molecule has 1 aromatic carbocycles. The predicted molar refractivity (Wildman–Crippen MR) is 79.8 cm³/mol. The lowest BCUT2D eigenvalue weighted by Crippen LogP contribution is -2.38. The summed E-state index contributed by atoms with van der Waals surface area (Å²) < 4.78 is 5.80. The van der Waals surface area contributed by atoms with Crippen molar-refractivity contribution in [3.8, 4) is 0 Å². The van der Waals surface area contributed by atoms with Crippen molar-refractivity contribution in [2.24, 2.45) is 5.92 Å². The van der Waals surface area contributed by atoms with E-state index in [1.807, 2.05) is 36.1 Å². The van der Waals surface area contributed by atoms with Gasteiger partial charge in [0.15, 0.2) is 5.76 Å². The molecule has 1 fully saturated rings. The Kier molecular flexibility index (Phi) is 3.28. The second-order valence-electron chi connectivity index (χ2n) is 6.05. The zero-order valence-corrected chi connectivity index (χ0v) is 12.3. The van der Waals surface area contributed by atoms with Crippen LogP contribution in [0.3, 0.4) is 0 Å². The molecule has 0 saturated heterocycles. The summed E-state index contributed by atoms with van der Waals surface area (Å²) in [6.07, 6.45) is 2.49. The number of amides is 1.